The van der Waals surface area contributed by atoms with Crippen molar-refractivity contribution in [1.82, 2.24) is 4.90 Å². The summed E-state index contributed by atoms with van der Waals surface area (Å²) in [6, 6.07) is 7.79. The number of nitrogens with zero attached hydrogens (tertiary/aromatic N) is 1. The number of nitrogens with two attached hydrogens (primary N) is 1. The van der Waals surface area contributed by atoms with Crippen LogP contribution < -0.4 is 10.5 Å². The van der Waals surface area contributed by atoms with E-state index >= 15 is 0 Å². The third-order valence-electron chi connectivity index (χ3n) is 4.17. The molecule has 0 aromatic heterocycles. The number of para-hydroxylation sites is 1. The molecule has 4 heteroatoms. The summed E-state index contributed by atoms with van der Waals surface area (Å²) in [5.41, 5.74) is 5.93. The molecule has 0 spiro atoms. The Morgan fingerprint density at radius 2 is 1.81 bits per heavy atom. The number of amides is 1. The molecule has 0 aliphatic carbocycles. The highest BCUT2D eigenvalue weighted by atomic mass is 16.5. The first-order chi connectivity index (χ1) is 9.61. The van der Waals surface area contributed by atoms with Crippen LogP contribution in [0.3, 0.4) is 0 Å². The maximum Gasteiger partial charge on any atom is 0.230 e. The Hall–Kier alpha value is -1.55. The smallest absolute Gasteiger partial charge is 0.230 e. The lowest BCUT2D eigenvalue weighted by atomic mass is 9.74. The van der Waals surface area contributed by atoms with Crippen molar-refractivity contribution in [1.29, 1.82) is 0 Å². The first-order valence-electron chi connectivity index (χ1n) is 7.36. The van der Waals surface area contributed by atoms with E-state index in [0.29, 0.717) is 13.2 Å². The van der Waals surface area contributed by atoms with Gasteiger partial charge in [0.15, 0.2) is 0 Å². The second kappa shape index (κ2) is 6.48. The van der Waals surface area contributed by atoms with Gasteiger partial charge >= 0.3 is 0 Å². The zero-order chi connectivity index (χ0) is 16.3. The molecule has 2 N–H and O–H groups in total. The van der Waals surface area contributed by atoms with Gasteiger partial charge in [0.25, 0.3) is 0 Å². The molecular weight excluding hydrogens is 264 g/mol. The van der Waals surface area contributed by atoms with Crippen LogP contribution in [-0.2, 0) is 11.3 Å². The summed E-state index contributed by atoms with van der Waals surface area (Å²) in [4.78, 5) is 14.4. The zero-order valence-electron chi connectivity index (χ0n) is 14.1. The second-order valence-electron chi connectivity index (χ2n) is 6.55. The lowest BCUT2D eigenvalue weighted by molar-refractivity contribution is -0.142. The second-order valence-corrected chi connectivity index (χ2v) is 6.55. The summed E-state index contributed by atoms with van der Waals surface area (Å²) < 4.78 is 5.61. The highest BCUT2D eigenvalue weighted by Gasteiger charge is 2.42. The number of benzene rings is 1. The van der Waals surface area contributed by atoms with Crippen LogP contribution in [0.4, 0.5) is 0 Å². The fourth-order valence-electron chi connectivity index (χ4n) is 2.01. The molecule has 0 saturated carbocycles. The minimum Gasteiger partial charge on any atom is -0.494 e. The molecule has 0 aliphatic rings. The van der Waals surface area contributed by atoms with E-state index in [1.807, 2.05) is 58.9 Å². The van der Waals surface area contributed by atoms with Crippen molar-refractivity contribution in [2.75, 3.05) is 13.7 Å². The van der Waals surface area contributed by atoms with Crippen LogP contribution in [0.25, 0.3) is 0 Å². The molecule has 0 saturated heterocycles. The van der Waals surface area contributed by atoms with Crippen LogP contribution >= 0.6 is 0 Å². The van der Waals surface area contributed by atoms with Crippen molar-refractivity contribution in [3.63, 3.8) is 0 Å². The van der Waals surface area contributed by atoms with Crippen LogP contribution in [0.1, 0.15) is 40.2 Å². The largest absolute Gasteiger partial charge is 0.494 e. The van der Waals surface area contributed by atoms with Crippen LogP contribution in [0.2, 0.25) is 0 Å². The Bertz CT molecular complexity index is 490. The van der Waals surface area contributed by atoms with Gasteiger partial charge in [0.2, 0.25) is 5.91 Å². The third-order valence-corrected chi connectivity index (χ3v) is 4.17. The molecule has 0 heterocycles. The molecule has 118 valence electrons. The lowest BCUT2D eigenvalue weighted by Crippen LogP contribution is -2.55. The predicted octanol–water partition coefficient (Wildman–Crippen LogP) is 2.81. The summed E-state index contributed by atoms with van der Waals surface area (Å²) in [6.07, 6.45) is 0. The molecule has 0 unspecified atom stereocenters. The number of carbonyl (C=O) groups excluding carboxylic acids is 1. The summed E-state index contributed by atoms with van der Waals surface area (Å²) in [5.74, 6) is 0.853. The topological polar surface area (TPSA) is 55.6 Å². The first kappa shape index (κ1) is 17.5. The average molecular weight is 292 g/mol. The van der Waals surface area contributed by atoms with Gasteiger partial charge in [-0.05, 0) is 40.7 Å². The first-order valence-corrected chi connectivity index (χ1v) is 7.36. The number of hydrogen-bond acceptors (Lipinski definition) is 3. The van der Waals surface area contributed by atoms with Crippen LogP contribution in [0.5, 0.6) is 5.75 Å². The molecular formula is C17H28N2O2. The van der Waals surface area contributed by atoms with E-state index in [1.54, 1.807) is 11.9 Å². The number of carbonyl (C=O) groups is 1. The van der Waals surface area contributed by atoms with Gasteiger partial charge in [-0.3, -0.25) is 4.79 Å². The highest BCUT2D eigenvalue weighted by Crippen LogP contribution is 2.31. The average Bonchev–Trinajstić information content (AvgIpc) is 2.39. The molecule has 1 aromatic carbocycles. The summed E-state index contributed by atoms with van der Waals surface area (Å²) in [5, 5.41) is 0. The normalized spacial score (nSPS) is 12.1. The Labute approximate surface area is 128 Å². The molecule has 1 rings (SSSR count). The van der Waals surface area contributed by atoms with Gasteiger partial charge in [0, 0.05) is 24.7 Å². The SMILES string of the molecule is CCOc1ccccc1CN(C)C(=O)C(C)(C)C(C)(C)N. The van der Waals surface area contributed by atoms with Crippen molar-refractivity contribution < 1.29 is 9.53 Å². The molecule has 1 aromatic rings. The quantitative estimate of drug-likeness (QED) is 0.877. The molecule has 0 bridgehead atoms. The molecule has 21 heavy (non-hydrogen) atoms. The van der Waals surface area contributed by atoms with Crippen molar-refractivity contribution in [3.05, 3.63) is 29.8 Å². The van der Waals surface area contributed by atoms with Gasteiger partial charge in [-0.15, -0.1) is 0 Å². The van der Waals surface area contributed by atoms with E-state index in [0.717, 1.165) is 11.3 Å². The van der Waals surface area contributed by atoms with E-state index in [9.17, 15) is 4.79 Å². The Morgan fingerprint density at radius 3 is 2.33 bits per heavy atom. The monoisotopic (exact) mass is 292 g/mol. The van der Waals surface area contributed by atoms with E-state index in [-0.39, 0.29) is 5.91 Å². The molecule has 0 fully saturated rings. The number of hydrogen-bond donors (Lipinski definition) is 1. The zero-order valence-corrected chi connectivity index (χ0v) is 14.1. The van der Waals surface area contributed by atoms with Crippen LogP contribution in [0, 0.1) is 5.41 Å². The lowest BCUT2D eigenvalue weighted by Gasteiger charge is -2.39. The predicted molar refractivity (Wildman–Crippen MR) is 86.1 cm³/mol. The summed E-state index contributed by atoms with van der Waals surface area (Å²) >= 11 is 0. The minimum absolute atomic E-state index is 0.0290. The molecule has 0 aliphatic heterocycles. The van der Waals surface area contributed by atoms with Crippen molar-refractivity contribution in [3.8, 4) is 5.75 Å². The van der Waals surface area contributed by atoms with Gasteiger partial charge in [-0.25, -0.2) is 0 Å². The fourth-order valence-corrected chi connectivity index (χ4v) is 2.01. The summed E-state index contributed by atoms with van der Waals surface area (Å²) in [7, 11) is 1.80. The highest BCUT2D eigenvalue weighted by molar-refractivity contribution is 5.83. The molecule has 4 nitrogen and oxygen atoms in total. The van der Waals surface area contributed by atoms with E-state index in [1.165, 1.54) is 0 Å². The van der Waals surface area contributed by atoms with Gasteiger partial charge in [-0.2, -0.15) is 0 Å². The minimum atomic E-state index is -0.637. The van der Waals surface area contributed by atoms with Crippen molar-refractivity contribution >= 4 is 5.91 Å². The Balaban J connectivity index is 2.92. The van der Waals surface area contributed by atoms with E-state index in [4.69, 9.17) is 10.5 Å². The van der Waals surface area contributed by atoms with Gasteiger partial charge < -0.3 is 15.4 Å². The van der Waals surface area contributed by atoms with Crippen molar-refractivity contribution in [2.45, 2.75) is 46.7 Å². The maximum atomic E-state index is 12.7. The van der Waals surface area contributed by atoms with E-state index in [2.05, 4.69) is 0 Å². The standard InChI is InChI=1S/C17H28N2O2/c1-7-21-14-11-9-8-10-13(14)12-19(6)15(20)16(2,3)17(4,5)18/h8-11H,7,12,18H2,1-6H3. The summed E-state index contributed by atoms with van der Waals surface area (Å²) in [6.45, 7) is 10.6. The Morgan fingerprint density at radius 1 is 1.24 bits per heavy atom. The van der Waals surface area contributed by atoms with Gasteiger partial charge in [0.1, 0.15) is 5.75 Å². The molecule has 0 atom stereocenters. The number of rotatable bonds is 6. The van der Waals surface area contributed by atoms with Gasteiger partial charge in [0.05, 0.1) is 12.0 Å². The van der Waals surface area contributed by atoms with Crippen LogP contribution in [-0.4, -0.2) is 30.0 Å². The molecule has 1 amide bonds. The van der Waals surface area contributed by atoms with E-state index < -0.39 is 11.0 Å². The van der Waals surface area contributed by atoms with Crippen LogP contribution in [0.15, 0.2) is 24.3 Å². The van der Waals surface area contributed by atoms with Gasteiger partial charge in [-0.1, -0.05) is 18.2 Å². The Kier molecular flexibility index (Phi) is 5.40. The van der Waals surface area contributed by atoms with Crippen molar-refractivity contribution in [2.24, 2.45) is 11.1 Å². The maximum absolute atomic E-state index is 12.7. The fraction of sp³-hybridized carbons (Fsp3) is 0.588. The number of ether oxygens (including phenoxy) is 1. The molecule has 0 radical (unpaired) electrons. The third kappa shape index (κ3) is 3.97.